The van der Waals surface area contributed by atoms with Gasteiger partial charge in [-0.15, -0.1) is 11.3 Å². The zero-order valence-electron chi connectivity index (χ0n) is 9.63. The molecule has 0 aromatic carbocycles. The molecule has 15 heavy (non-hydrogen) atoms. The molecule has 1 nitrogen and oxygen atoms in total. The number of carbonyl (C=O) groups is 1. The average molecular weight is 289 g/mol. The number of hydrogen-bond acceptors (Lipinski definition) is 2. The predicted octanol–water partition coefficient (Wildman–Crippen LogP) is 4.40. The standard InChI is InChI=1S/C12H17BrOS/c1-5-8(13)11(14)9-6-7-10(15-9)12(2,3)4/h6-8H,5H2,1-4H3. The molecule has 1 atom stereocenters. The van der Waals surface area contributed by atoms with Gasteiger partial charge in [-0.25, -0.2) is 0 Å². The Bertz CT molecular complexity index is 349. The van der Waals surface area contributed by atoms with Crippen molar-refractivity contribution in [2.45, 2.75) is 44.4 Å². The van der Waals surface area contributed by atoms with Gasteiger partial charge in [0.2, 0.25) is 0 Å². The van der Waals surface area contributed by atoms with E-state index in [2.05, 4.69) is 42.8 Å². The van der Waals surface area contributed by atoms with E-state index in [-0.39, 0.29) is 16.0 Å². The molecule has 3 heteroatoms. The van der Waals surface area contributed by atoms with E-state index >= 15 is 0 Å². The van der Waals surface area contributed by atoms with Crippen molar-refractivity contribution in [1.29, 1.82) is 0 Å². The van der Waals surface area contributed by atoms with Gasteiger partial charge in [0.1, 0.15) is 0 Å². The first-order valence-corrected chi connectivity index (χ1v) is 6.88. The lowest BCUT2D eigenvalue weighted by Gasteiger charge is -2.15. The van der Waals surface area contributed by atoms with Crippen LogP contribution in [0, 0.1) is 0 Å². The first-order chi connectivity index (χ1) is 6.86. The van der Waals surface area contributed by atoms with E-state index in [1.807, 2.05) is 13.0 Å². The fraction of sp³-hybridized carbons (Fsp3) is 0.583. The van der Waals surface area contributed by atoms with Crippen LogP contribution in [0.2, 0.25) is 0 Å². The smallest absolute Gasteiger partial charge is 0.186 e. The summed E-state index contributed by atoms with van der Waals surface area (Å²) in [6.07, 6.45) is 0.835. The quantitative estimate of drug-likeness (QED) is 0.595. The highest BCUT2D eigenvalue weighted by atomic mass is 79.9. The molecule has 1 aromatic heterocycles. The number of Topliss-reactive ketones (excluding diaryl/α,β-unsaturated/α-hetero) is 1. The van der Waals surface area contributed by atoms with Crippen LogP contribution in [0.15, 0.2) is 12.1 Å². The minimum Gasteiger partial charge on any atom is -0.292 e. The molecule has 0 aliphatic rings. The van der Waals surface area contributed by atoms with Crippen molar-refractivity contribution >= 4 is 33.0 Å². The van der Waals surface area contributed by atoms with Gasteiger partial charge in [0.15, 0.2) is 5.78 Å². The van der Waals surface area contributed by atoms with E-state index in [1.54, 1.807) is 11.3 Å². The van der Waals surface area contributed by atoms with E-state index in [0.29, 0.717) is 0 Å². The van der Waals surface area contributed by atoms with Crippen molar-refractivity contribution < 1.29 is 4.79 Å². The zero-order valence-corrected chi connectivity index (χ0v) is 12.0. The number of alkyl halides is 1. The molecule has 0 N–H and O–H groups in total. The van der Waals surface area contributed by atoms with E-state index in [0.717, 1.165) is 11.3 Å². The maximum Gasteiger partial charge on any atom is 0.186 e. The lowest BCUT2D eigenvalue weighted by Crippen LogP contribution is -2.11. The molecule has 0 spiro atoms. The number of thiophene rings is 1. The van der Waals surface area contributed by atoms with Crippen molar-refractivity contribution in [2.75, 3.05) is 0 Å². The number of carbonyl (C=O) groups excluding carboxylic acids is 1. The van der Waals surface area contributed by atoms with Crippen molar-refractivity contribution in [3.8, 4) is 0 Å². The molecule has 0 radical (unpaired) electrons. The Kier molecular flexibility index (Phi) is 4.13. The van der Waals surface area contributed by atoms with E-state index < -0.39 is 0 Å². The molecule has 84 valence electrons. The highest BCUT2D eigenvalue weighted by Crippen LogP contribution is 2.30. The Balaban J connectivity index is 2.90. The van der Waals surface area contributed by atoms with Gasteiger partial charge in [0, 0.05) is 4.88 Å². The Morgan fingerprint density at radius 3 is 2.47 bits per heavy atom. The molecular formula is C12H17BrOS. The maximum absolute atomic E-state index is 11.9. The van der Waals surface area contributed by atoms with Gasteiger partial charge in [-0.1, -0.05) is 43.6 Å². The van der Waals surface area contributed by atoms with Gasteiger partial charge in [-0.3, -0.25) is 4.79 Å². The molecule has 1 aromatic rings. The topological polar surface area (TPSA) is 17.1 Å². The molecule has 1 heterocycles. The largest absolute Gasteiger partial charge is 0.292 e. The second kappa shape index (κ2) is 4.79. The Morgan fingerprint density at radius 1 is 1.47 bits per heavy atom. The van der Waals surface area contributed by atoms with Crippen LogP contribution >= 0.6 is 27.3 Å². The average Bonchev–Trinajstić information content (AvgIpc) is 2.63. The third-order valence-corrected chi connectivity index (χ3v) is 4.82. The van der Waals surface area contributed by atoms with Crippen LogP contribution in [-0.4, -0.2) is 10.6 Å². The second-order valence-corrected chi connectivity index (χ2v) is 6.84. The second-order valence-electron chi connectivity index (χ2n) is 4.65. The zero-order chi connectivity index (χ0) is 11.6. The molecule has 0 fully saturated rings. The highest BCUT2D eigenvalue weighted by Gasteiger charge is 2.21. The molecule has 1 unspecified atom stereocenters. The molecule has 0 saturated carbocycles. The normalized spacial score (nSPS) is 13.9. The molecule has 0 aliphatic heterocycles. The molecule has 0 aliphatic carbocycles. The van der Waals surface area contributed by atoms with Gasteiger partial charge < -0.3 is 0 Å². The highest BCUT2D eigenvalue weighted by molar-refractivity contribution is 9.10. The summed E-state index contributed by atoms with van der Waals surface area (Å²) < 4.78 is 0. The van der Waals surface area contributed by atoms with Crippen LogP contribution in [0.3, 0.4) is 0 Å². The van der Waals surface area contributed by atoms with E-state index in [9.17, 15) is 4.79 Å². The maximum atomic E-state index is 11.9. The molecule has 0 saturated heterocycles. The Morgan fingerprint density at radius 2 is 2.07 bits per heavy atom. The fourth-order valence-electron chi connectivity index (χ4n) is 1.21. The lowest BCUT2D eigenvalue weighted by molar-refractivity contribution is 0.0994. The third-order valence-electron chi connectivity index (χ3n) is 2.23. The monoisotopic (exact) mass is 288 g/mol. The van der Waals surface area contributed by atoms with Gasteiger partial charge >= 0.3 is 0 Å². The first-order valence-electron chi connectivity index (χ1n) is 5.15. The van der Waals surface area contributed by atoms with E-state index in [4.69, 9.17) is 0 Å². The molecule has 0 amide bonds. The van der Waals surface area contributed by atoms with Crippen LogP contribution in [0.5, 0.6) is 0 Å². The summed E-state index contributed by atoms with van der Waals surface area (Å²) in [5.74, 6) is 0.206. The molecule has 0 bridgehead atoms. The van der Waals surface area contributed by atoms with Gasteiger partial charge in [-0.2, -0.15) is 0 Å². The number of halogens is 1. The van der Waals surface area contributed by atoms with Crippen molar-refractivity contribution in [3.05, 3.63) is 21.9 Å². The predicted molar refractivity (Wildman–Crippen MR) is 70.4 cm³/mol. The Hall–Kier alpha value is -0.150. The summed E-state index contributed by atoms with van der Waals surface area (Å²) >= 11 is 5.01. The van der Waals surface area contributed by atoms with Crippen LogP contribution in [0.1, 0.15) is 48.7 Å². The van der Waals surface area contributed by atoms with Gasteiger partial charge in [-0.05, 0) is 24.0 Å². The molecular weight excluding hydrogens is 272 g/mol. The third kappa shape index (κ3) is 3.15. The van der Waals surface area contributed by atoms with Crippen molar-refractivity contribution in [1.82, 2.24) is 0 Å². The van der Waals surface area contributed by atoms with Gasteiger partial charge in [0.05, 0.1) is 9.70 Å². The lowest BCUT2D eigenvalue weighted by atomic mass is 9.95. The summed E-state index contributed by atoms with van der Waals surface area (Å²) in [6, 6.07) is 4.00. The number of rotatable bonds is 3. The van der Waals surface area contributed by atoms with Crippen molar-refractivity contribution in [2.24, 2.45) is 0 Å². The number of ketones is 1. The van der Waals surface area contributed by atoms with E-state index in [1.165, 1.54) is 4.88 Å². The van der Waals surface area contributed by atoms with Gasteiger partial charge in [0.25, 0.3) is 0 Å². The first kappa shape index (κ1) is 12.9. The SMILES string of the molecule is CCC(Br)C(=O)c1ccc(C(C)(C)C)s1. The minimum atomic E-state index is -0.0380. The van der Waals surface area contributed by atoms with Crippen LogP contribution < -0.4 is 0 Å². The van der Waals surface area contributed by atoms with Crippen molar-refractivity contribution in [3.63, 3.8) is 0 Å². The summed E-state index contributed by atoms with van der Waals surface area (Å²) in [5.41, 5.74) is 0.136. The molecule has 1 rings (SSSR count). The summed E-state index contributed by atoms with van der Waals surface area (Å²) in [4.78, 5) is 14.0. The Labute approximate surface area is 104 Å². The number of hydrogen-bond donors (Lipinski definition) is 0. The van der Waals surface area contributed by atoms with Crippen LogP contribution in [0.25, 0.3) is 0 Å². The summed E-state index contributed by atoms with van der Waals surface area (Å²) in [7, 11) is 0. The van der Waals surface area contributed by atoms with Crippen LogP contribution in [0.4, 0.5) is 0 Å². The summed E-state index contributed by atoms with van der Waals surface area (Å²) in [5, 5.41) is 0. The summed E-state index contributed by atoms with van der Waals surface area (Å²) in [6.45, 7) is 8.51. The fourth-order valence-corrected chi connectivity index (χ4v) is 2.67. The minimum absolute atomic E-state index is 0.0380. The van der Waals surface area contributed by atoms with Crippen LogP contribution in [-0.2, 0) is 5.41 Å².